The molecule has 0 aliphatic heterocycles. The van der Waals surface area contributed by atoms with E-state index in [2.05, 4.69) is 10.5 Å². The minimum atomic E-state index is -0.697. The first-order valence-corrected chi connectivity index (χ1v) is 4.78. The predicted octanol–water partition coefficient (Wildman–Crippen LogP) is 0.790. The number of nitrogens with zero attached hydrogens (tertiary/aromatic N) is 1. The predicted molar refractivity (Wildman–Crippen MR) is 54.7 cm³/mol. The monoisotopic (exact) mass is 215 g/mol. The van der Waals surface area contributed by atoms with Gasteiger partial charge < -0.3 is 21.0 Å². The smallest absolute Gasteiger partial charge is 0.408 e. The van der Waals surface area contributed by atoms with E-state index in [1.54, 1.807) is 20.8 Å². The number of oxime groups is 1. The van der Waals surface area contributed by atoms with Gasteiger partial charge in [0.05, 0.1) is 0 Å². The average molecular weight is 215 g/mol. The molecule has 4 N–H and O–H groups in total. The number of nitrogens with two attached hydrogens (primary N) is 1. The molecule has 1 fully saturated rings. The van der Waals surface area contributed by atoms with Crippen LogP contribution in [0.4, 0.5) is 4.79 Å². The Morgan fingerprint density at radius 3 is 2.40 bits per heavy atom. The zero-order chi connectivity index (χ0) is 11.7. The van der Waals surface area contributed by atoms with Crippen molar-refractivity contribution in [1.29, 1.82) is 0 Å². The number of hydrogen-bond acceptors (Lipinski definition) is 4. The SMILES string of the molecule is CC(C)(C)OC(=O)NC1(/C(N)=N\O)CC1. The summed E-state index contributed by atoms with van der Waals surface area (Å²) in [5.41, 5.74) is 4.21. The minimum absolute atomic E-state index is 0.0216. The second-order valence-corrected chi connectivity index (χ2v) is 4.69. The molecule has 1 rings (SSSR count). The summed E-state index contributed by atoms with van der Waals surface area (Å²) in [5.74, 6) is 0.0216. The largest absolute Gasteiger partial charge is 0.444 e. The highest BCUT2D eigenvalue weighted by molar-refractivity contribution is 5.95. The van der Waals surface area contributed by atoms with Crippen molar-refractivity contribution in [2.75, 3.05) is 0 Å². The van der Waals surface area contributed by atoms with Gasteiger partial charge in [0.15, 0.2) is 5.84 Å². The van der Waals surface area contributed by atoms with Gasteiger partial charge >= 0.3 is 6.09 Å². The maximum Gasteiger partial charge on any atom is 0.408 e. The molecule has 0 bridgehead atoms. The second-order valence-electron chi connectivity index (χ2n) is 4.69. The van der Waals surface area contributed by atoms with Crippen LogP contribution in [-0.2, 0) is 4.74 Å². The van der Waals surface area contributed by atoms with E-state index in [9.17, 15) is 4.79 Å². The Balaban J connectivity index is 2.53. The van der Waals surface area contributed by atoms with Gasteiger partial charge in [-0.2, -0.15) is 0 Å². The fourth-order valence-corrected chi connectivity index (χ4v) is 1.16. The molecular weight excluding hydrogens is 198 g/mol. The van der Waals surface area contributed by atoms with Gasteiger partial charge in [0, 0.05) is 0 Å². The van der Waals surface area contributed by atoms with E-state index in [-0.39, 0.29) is 5.84 Å². The highest BCUT2D eigenvalue weighted by Gasteiger charge is 2.49. The first kappa shape index (κ1) is 11.6. The maximum absolute atomic E-state index is 11.4. The Morgan fingerprint density at radius 2 is 2.07 bits per heavy atom. The van der Waals surface area contributed by atoms with Gasteiger partial charge in [0.1, 0.15) is 11.1 Å². The molecule has 6 nitrogen and oxygen atoms in total. The number of carbonyl (C=O) groups is 1. The third-order valence-corrected chi connectivity index (χ3v) is 2.09. The minimum Gasteiger partial charge on any atom is -0.444 e. The summed E-state index contributed by atoms with van der Waals surface area (Å²) in [6.45, 7) is 5.32. The maximum atomic E-state index is 11.4. The van der Waals surface area contributed by atoms with E-state index >= 15 is 0 Å². The van der Waals surface area contributed by atoms with E-state index in [1.165, 1.54) is 0 Å². The van der Waals surface area contributed by atoms with Crippen LogP contribution in [-0.4, -0.2) is 28.3 Å². The van der Waals surface area contributed by atoms with Gasteiger partial charge in [-0.05, 0) is 33.6 Å². The Hall–Kier alpha value is -1.46. The summed E-state index contributed by atoms with van der Waals surface area (Å²) in [7, 11) is 0. The highest BCUT2D eigenvalue weighted by Crippen LogP contribution is 2.35. The number of amidine groups is 1. The van der Waals surface area contributed by atoms with Crippen LogP contribution in [0.15, 0.2) is 5.16 Å². The number of nitrogens with one attached hydrogen (secondary N) is 1. The molecule has 0 saturated heterocycles. The third kappa shape index (κ3) is 3.00. The molecule has 0 spiro atoms. The van der Waals surface area contributed by atoms with Crippen LogP contribution in [0, 0.1) is 0 Å². The molecule has 0 aromatic carbocycles. The number of amides is 1. The van der Waals surface area contributed by atoms with Crippen LogP contribution >= 0.6 is 0 Å². The Kier molecular flexibility index (Phi) is 2.79. The molecule has 15 heavy (non-hydrogen) atoms. The zero-order valence-electron chi connectivity index (χ0n) is 9.20. The molecule has 1 saturated carbocycles. The third-order valence-electron chi connectivity index (χ3n) is 2.09. The van der Waals surface area contributed by atoms with Crippen molar-refractivity contribution in [3.63, 3.8) is 0 Å². The molecule has 0 heterocycles. The number of alkyl carbamates (subject to hydrolysis) is 1. The molecule has 6 heteroatoms. The van der Waals surface area contributed by atoms with Crippen molar-refractivity contribution in [3.05, 3.63) is 0 Å². The average Bonchev–Trinajstić information content (AvgIpc) is 2.80. The van der Waals surface area contributed by atoms with Gasteiger partial charge in [-0.25, -0.2) is 4.79 Å². The Morgan fingerprint density at radius 1 is 1.53 bits per heavy atom. The van der Waals surface area contributed by atoms with Gasteiger partial charge in [0.25, 0.3) is 0 Å². The first-order chi connectivity index (χ1) is 6.79. The summed E-state index contributed by atoms with van der Waals surface area (Å²) >= 11 is 0. The lowest BCUT2D eigenvalue weighted by atomic mass is 10.2. The van der Waals surface area contributed by atoms with Crippen molar-refractivity contribution in [1.82, 2.24) is 5.32 Å². The number of ether oxygens (including phenoxy) is 1. The quantitative estimate of drug-likeness (QED) is 0.274. The van der Waals surface area contributed by atoms with Gasteiger partial charge in [-0.3, -0.25) is 0 Å². The molecule has 1 aliphatic rings. The lowest BCUT2D eigenvalue weighted by Gasteiger charge is -2.22. The molecule has 1 aliphatic carbocycles. The standard InChI is InChI=1S/C9H17N3O3/c1-8(2,3)15-7(13)11-9(4-5-9)6(10)12-14/h14H,4-5H2,1-3H3,(H2,10,12)(H,11,13). The summed E-state index contributed by atoms with van der Waals surface area (Å²) in [6.07, 6.45) is 0.788. The van der Waals surface area contributed by atoms with Crippen molar-refractivity contribution < 1.29 is 14.7 Å². The van der Waals surface area contributed by atoms with Gasteiger partial charge in [-0.1, -0.05) is 5.16 Å². The summed E-state index contributed by atoms with van der Waals surface area (Å²) in [4.78, 5) is 11.4. The fraction of sp³-hybridized carbons (Fsp3) is 0.778. The van der Waals surface area contributed by atoms with Crippen LogP contribution in [0.2, 0.25) is 0 Å². The van der Waals surface area contributed by atoms with Crippen molar-refractivity contribution in [3.8, 4) is 0 Å². The second kappa shape index (κ2) is 3.60. The van der Waals surface area contributed by atoms with Crippen molar-refractivity contribution in [2.24, 2.45) is 10.9 Å². The molecule has 0 aromatic heterocycles. The molecule has 86 valence electrons. The van der Waals surface area contributed by atoms with E-state index in [1.807, 2.05) is 0 Å². The molecule has 0 aromatic rings. The van der Waals surface area contributed by atoms with Crippen molar-refractivity contribution >= 4 is 11.9 Å². The lowest BCUT2D eigenvalue weighted by Crippen LogP contribution is -2.48. The van der Waals surface area contributed by atoms with E-state index < -0.39 is 17.2 Å². The Labute approximate surface area is 88.5 Å². The van der Waals surface area contributed by atoms with Gasteiger partial charge in [0.2, 0.25) is 0 Å². The van der Waals surface area contributed by atoms with E-state index in [0.717, 1.165) is 0 Å². The highest BCUT2D eigenvalue weighted by atomic mass is 16.6. The van der Waals surface area contributed by atoms with Crippen LogP contribution in [0.25, 0.3) is 0 Å². The van der Waals surface area contributed by atoms with Crippen LogP contribution in [0.1, 0.15) is 33.6 Å². The molecular formula is C9H17N3O3. The van der Waals surface area contributed by atoms with Gasteiger partial charge in [-0.15, -0.1) is 0 Å². The van der Waals surface area contributed by atoms with Crippen LogP contribution < -0.4 is 11.1 Å². The normalized spacial score (nSPS) is 19.5. The van der Waals surface area contributed by atoms with Crippen LogP contribution in [0.5, 0.6) is 0 Å². The molecule has 1 amide bonds. The molecule has 0 atom stereocenters. The molecule has 0 radical (unpaired) electrons. The zero-order valence-corrected chi connectivity index (χ0v) is 9.20. The Bertz CT molecular complexity index is 289. The summed E-state index contributed by atoms with van der Waals surface area (Å²) < 4.78 is 5.07. The van der Waals surface area contributed by atoms with E-state index in [4.69, 9.17) is 15.7 Å². The summed E-state index contributed by atoms with van der Waals surface area (Å²) in [6, 6.07) is 0. The number of hydrogen-bond donors (Lipinski definition) is 3. The van der Waals surface area contributed by atoms with Crippen LogP contribution in [0.3, 0.4) is 0 Å². The topological polar surface area (TPSA) is 96.9 Å². The number of carbonyl (C=O) groups excluding carboxylic acids is 1. The lowest BCUT2D eigenvalue weighted by molar-refractivity contribution is 0.0512. The summed E-state index contributed by atoms with van der Waals surface area (Å²) in [5, 5.41) is 14.0. The van der Waals surface area contributed by atoms with E-state index in [0.29, 0.717) is 12.8 Å². The first-order valence-electron chi connectivity index (χ1n) is 4.78. The number of rotatable bonds is 2. The fourth-order valence-electron chi connectivity index (χ4n) is 1.16. The molecule has 0 unspecified atom stereocenters. The van der Waals surface area contributed by atoms with Crippen molar-refractivity contribution in [2.45, 2.75) is 44.8 Å².